The van der Waals surface area contributed by atoms with Gasteiger partial charge in [0, 0.05) is 0 Å². The third-order valence-electron chi connectivity index (χ3n) is 5.26. The van der Waals surface area contributed by atoms with Crippen molar-refractivity contribution >= 4 is 11.9 Å². The number of hydrogen-bond acceptors (Lipinski definition) is 2. The van der Waals surface area contributed by atoms with Crippen LogP contribution in [0.3, 0.4) is 0 Å². The Hall–Kier alpha value is -1.84. The minimum absolute atomic E-state index is 0.0124. The summed E-state index contributed by atoms with van der Waals surface area (Å²) in [7, 11) is 0. The van der Waals surface area contributed by atoms with E-state index in [-0.39, 0.29) is 11.1 Å². The number of carboxylic acid groups (broad SMARTS) is 2. The van der Waals surface area contributed by atoms with Crippen LogP contribution in [0.25, 0.3) is 0 Å². The number of unbranched alkanes of at least 4 members (excludes halogenated alkanes) is 9. The highest BCUT2D eigenvalue weighted by Gasteiger charge is 2.22. The Morgan fingerprint density at radius 3 is 1.82 bits per heavy atom. The van der Waals surface area contributed by atoms with E-state index in [2.05, 4.69) is 20.8 Å². The van der Waals surface area contributed by atoms with Gasteiger partial charge in [-0.25, -0.2) is 9.59 Å². The van der Waals surface area contributed by atoms with Crippen molar-refractivity contribution in [3.05, 3.63) is 34.4 Å². The predicted molar refractivity (Wildman–Crippen MR) is 114 cm³/mol. The summed E-state index contributed by atoms with van der Waals surface area (Å²) >= 11 is 0. The van der Waals surface area contributed by atoms with Crippen molar-refractivity contribution in [2.24, 2.45) is 5.92 Å². The van der Waals surface area contributed by atoms with Crippen LogP contribution in [-0.4, -0.2) is 22.2 Å². The quantitative estimate of drug-likeness (QED) is 0.325. The number of carbonyl (C=O) groups is 2. The van der Waals surface area contributed by atoms with Crippen molar-refractivity contribution < 1.29 is 19.8 Å². The maximum absolute atomic E-state index is 11.8. The molecule has 0 aromatic heterocycles. The average Bonchev–Trinajstić information content (AvgIpc) is 2.63. The SMILES string of the molecule is CCCCCCCCCCCCc1c(CC(C)C)ccc(C(=O)O)c1C(=O)O. The van der Waals surface area contributed by atoms with Crippen LogP contribution in [-0.2, 0) is 12.8 Å². The molecule has 1 rings (SSSR count). The minimum atomic E-state index is -1.17. The van der Waals surface area contributed by atoms with Crippen molar-refractivity contribution in [1.29, 1.82) is 0 Å². The first-order valence-corrected chi connectivity index (χ1v) is 11.0. The highest BCUT2D eigenvalue weighted by Crippen LogP contribution is 2.25. The first-order chi connectivity index (χ1) is 13.4. The number of rotatable bonds is 15. The van der Waals surface area contributed by atoms with E-state index in [1.54, 1.807) is 0 Å². The van der Waals surface area contributed by atoms with Gasteiger partial charge >= 0.3 is 11.9 Å². The third kappa shape index (κ3) is 8.45. The molecule has 158 valence electrons. The Bertz CT molecular complexity index is 619. The first-order valence-electron chi connectivity index (χ1n) is 11.0. The molecule has 0 saturated carbocycles. The van der Waals surface area contributed by atoms with Gasteiger partial charge in [0.15, 0.2) is 0 Å². The predicted octanol–water partition coefficient (Wildman–Crippen LogP) is 6.74. The van der Waals surface area contributed by atoms with Crippen LogP contribution in [0.4, 0.5) is 0 Å². The molecule has 0 atom stereocenters. The second-order valence-corrected chi connectivity index (χ2v) is 8.27. The van der Waals surface area contributed by atoms with Crippen LogP contribution in [0.2, 0.25) is 0 Å². The van der Waals surface area contributed by atoms with Crippen LogP contribution in [0, 0.1) is 5.92 Å². The molecule has 2 N–H and O–H groups in total. The zero-order chi connectivity index (χ0) is 20.9. The van der Waals surface area contributed by atoms with Gasteiger partial charge in [-0.05, 0) is 42.4 Å². The standard InChI is InChI=1S/C24H38O4/c1-4-5-6-7-8-9-10-11-12-13-14-20-19(17-18(2)3)15-16-21(23(25)26)22(20)24(27)28/h15-16,18H,4-14,17H2,1-3H3,(H,25,26)(H,27,28). The lowest BCUT2D eigenvalue weighted by Crippen LogP contribution is -2.14. The zero-order valence-corrected chi connectivity index (χ0v) is 17.9. The number of hydrogen-bond donors (Lipinski definition) is 2. The van der Waals surface area contributed by atoms with Gasteiger partial charge in [-0.1, -0.05) is 84.6 Å². The Morgan fingerprint density at radius 2 is 1.36 bits per heavy atom. The third-order valence-corrected chi connectivity index (χ3v) is 5.26. The van der Waals surface area contributed by atoms with E-state index in [9.17, 15) is 19.8 Å². The molecule has 28 heavy (non-hydrogen) atoms. The van der Waals surface area contributed by atoms with Crippen LogP contribution < -0.4 is 0 Å². The summed E-state index contributed by atoms with van der Waals surface area (Å²) in [4.78, 5) is 23.3. The van der Waals surface area contributed by atoms with Crippen molar-refractivity contribution in [3.63, 3.8) is 0 Å². The van der Waals surface area contributed by atoms with Crippen molar-refractivity contribution in [2.75, 3.05) is 0 Å². The van der Waals surface area contributed by atoms with Gasteiger partial charge in [0.25, 0.3) is 0 Å². The summed E-state index contributed by atoms with van der Waals surface area (Å²) in [5.74, 6) is -1.91. The summed E-state index contributed by atoms with van der Waals surface area (Å²) in [5, 5.41) is 19.0. The lowest BCUT2D eigenvalue weighted by Gasteiger charge is -2.16. The molecule has 0 spiro atoms. The summed E-state index contributed by atoms with van der Waals surface area (Å²) in [6.45, 7) is 6.42. The number of carboxylic acids is 2. The van der Waals surface area contributed by atoms with E-state index in [1.807, 2.05) is 6.07 Å². The molecule has 0 bridgehead atoms. The molecule has 4 nitrogen and oxygen atoms in total. The molecule has 0 fully saturated rings. The normalized spacial score (nSPS) is 11.1. The zero-order valence-electron chi connectivity index (χ0n) is 17.9. The van der Waals surface area contributed by atoms with Gasteiger partial charge in [0.05, 0.1) is 11.1 Å². The molecule has 0 aliphatic heterocycles. The van der Waals surface area contributed by atoms with E-state index in [0.717, 1.165) is 36.8 Å². The molecule has 4 heteroatoms. The molecular weight excluding hydrogens is 352 g/mol. The van der Waals surface area contributed by atoms with E-state index < -0.39 is 11.9 Å². The maximum Gasteiger partial charge on any atom is 0.336 e. The summed E-state index contributed by atoms with van der Waals surface area (Å²) < 4.78 is 0. The molecule has 1 aromatic rings. The fourth-order valence-corrected chi connectivity index (χ4v) is 3.82. The van der Waals surface area contributed by atoms with Crippen molar-refractivity contribution in [2.45, 2.75) is 97.8 Å². The van der Waals surface area contributed by atoms with E-state index in [1.165, 1.54) is 51.0 Å². The molecule has 0 saturated heterocycles. The van der Waals surface area contributed by atoms with Gasteiger partial charge < -0.3 is 10.2 Å². The average molecular weight is 391 g/mol. The number of benzene rings is 1. The fraction of sp³-hybridized carbons (Fsp3) is 0.667. The van der Waals surface area contributed by atoms with Gasteiger partial charge in [0.2, 0.25) is 0 Å². The van der Waals surface area contributed by atoms with Gasteiger partial charge in [-0.15, -0.1) is 0 Å². The Kier molecular flexibility index (Phi) is 11.5. The first kappa shape index (κ1) is 24.2. The minimum Gasteiger partial charge on any atom is -0.478 e. The molecule has 0 heterocycles. The van der Waals surface area contributed by atoms with Crippen LogP contribution in [0.1, 0.15) is 117 Å². The molecule has 0 amide bonds. The molecule has 0 radical (unpaired) electrons. The van der Waals surface area contributed by atoms with E-state index in [0.29, 0.717) is 12.3 Å². The van der Waals surface area contributed by atoms with Crippen LogP contribution >= 0.6 is 0 Å². The largest absolute Gasteiger partial charge is 0.478 e. The highest BCUT2D eigenvalue weighted by molar-refractivity contribution is 6.03. The van der Waals surface area contributed by atoms with Gasteiger partial charge in [0.1, 0.15) is 0 Å². The van der Waals surface area contributed by atoms with Crippen LogP contribution in [0.5, 0.6) is 0 Å². The van der Waals surface area contributed by atoms with Crippen molar-refractivity contribution in [1.82, 2.24) is 0 Å². The topological polar surface area (TPSA) is 74.6 Å². The smallest absolute Gasteiger partial charge is 0.336 e. The second-order valence-electron chi connectivity index (χ2n) is 8.27. The highest BCUT2D eigenvalue weighted by atomic mass is 16.4. The maximum atomic E-state index is 11.8. The number of aromatic carboxylic acids is 2. The fourth-order valence-electron chi connectivity index (χ4n) is 3.82. The Morgan fingerprint density at radius 1 is 0.821 bits per heavy atom. The second kappa shape index (κ2) is 13.4. The molecule has 0 unspecified atom stereocenters. The Labute approximate surface area is 170 Å². The van der Waals surface area contributed by atoms with E-state index in [4.69, 9.17) is 0 Å². The van der Waals surface area contributed by atoms with Gasteiger partial charge in [-0.2, -0.15) is 0 Å². The summed E-state index contributed by atoms with van der Waals surface area (Å²) in [6, 6.07) is 3.26. The summed E-state index contributed by atoms with van der Waals surface area (Å²) in [6.07, 6.45) is 13.6. The van der Waals surface area contributed by atoms with Crippen molar-refractivity contribution in [3.8, 4) is 0 Å². The lowest BCUT2D eigenvalue weighted by atomic mass is 9.88. The lowest BCUT2D eigenvalue weighted by molar-refractivity contribution is 0.0650. The molecule has 0 aliphatic rings. The van der Waals surface area contributed by atoms with Crippen LogP contribution in [0.15, 0.2) is 12.1 Å². The van der Waals surface area contributed by atoms with E-state index >= 15 is 0 Å². The molecular formula is C24H38O4. The van der Waals surface area contributed by atoms with Gasteiger partial charge in [-0.3, -0.25) is 0 Å². The molecule has 1 aromatic carbocycles. The summed E-state index contributed by atoms with van der Waals surface area (Å²) in [5.41, 5.74) is 1.60. The molecule has 0 aliphatic carbocycles. The Balaban J connectivity index is 2.65. The monoisotopic (exact) mass is 390 g/mol.